The number of hydrogen-bond donors (Lipinski definition) is 1. The average Bonchev–Trinajstić information content (AvgIpc) is 2.69. The fraction of sp³-hybridized carbons (Fsp3) is 0.409. The number of rotatable bonds is 10. The van der Waals surface area contributed by atoms with Crippen molar-refractivity contribution < 1.29 is 14.3 Å². The minimum Gasteiger partial charge on any atom is -0.494 e. The van der Waals surface area contributed by atoms with Gasteiger partial charge in [-0.05, 0) is 66.6 Å². The van der Waals surface area contributed by atoms with Crippen LogP contribution in [-0.2, 0) is 22.4 Å². The number of methoxy groups -OCH3 is 1. The van der Waals surface area contributed by atoms with Crippen LogP contribution >= 0.6 is 0 Å². The molecule has 0 bridgehead atoms. The lowest BCUT2D eigenvalue weighted by Crippen LogP contribution is -2.03. The van der Waals surface area contributed by atoms with E-state index in [1.165, 1.54) is 23.8 Å². The van der Waals surface area contributed by atoms with Gasteiger partial charge in [-0.1, -0.05) is 37.3 Å². The van der Waals surface area contributed by atoms with Crippen molar-refractivity contribution in [2.45, 2.75) is 39.0 Å². The largest absolute Gasteiger partial charge is 0.494 e. The van der Waals surface area contributed by atoms with Crippen LogP contribution in [0.15, 0.2) is 42.5 Å². The van der Waals surface area contributed by atoms with Gasteiger partial charge < -0.3 is 15.2 Å². The van der Waals surface area contributed by atoms with Crippen molar-refractivity contribution in [3.05, 3.63) is 53.6 Å². The Bertz CT molecular complexity index is 695. The Morgan fingerprint density at radius 1 is 1.08 bits per heavy atom. The molecule has 0 saturated heterocycles. The van der Waals surface area contributed by atoms with E-state index < -0.39 is 0 Å². The first-order chi connectivity index (χ1) is 12.7. The van der Waals surface area contributed by atoms with Gasteiger partial charge in [0.2, 0.25) is 0 Å². The molecular weight excluding hydrogens is 326 g/mol. The van der Waals surface area contributed by atoms with Crippen LogP contribution in [0.25, 0.3) is 11.1 Å². The van der Waals surface area contributed by atoms with E-state index in [1.807, 2.05) is 6.07 Å². The lowest BCUT2D eigenvalue weighted by molar-refractivity contribution is -0.140. The summed E-state index contributed by atoms with van der Waals surface area (Å²) in [5.41, 5.74) is 10.3. The molecule has 2 aromatic carbocycles. The van der Waals surface area contributed by atoms with Crippen LogP contribution in [0, 0.1) is 0 Å². The Hall–Kier alpha value is -2.33. The van der Waals surface area contributed by atoms with Gasteiger partial charge in [-0.2, -0.15) is 0 Å². The second-order valence-corrected chi connectivity index (χ2v) is 6.29. The highest BCUT2D eigenvalue weighted by Gasteiger charge is 2.07. The van der Waals surface area contributed by atoms with Crippen LogP contribution < -0.4 is 10.5 Å². The minimum absolute atomic E-state index is 0.176. The van der Waals surface area contributed by atoms with Crippen LogP contribution in [0.4, 0.5) is 0 Å². The monoisotopic (exact) mass is 355 g/mol. The molecule has 0 heterocycles. The predicted octanol–water partition coefficient (Wildman–Crippen LogP) is 4.14. The van der Waals surface area contributed by atoms with Crippen molar-refractivity contribution in [2.24, 2.45) is 5.73 Å². The first-order valence-electron chi connectivity index (χ1n) is 9.29. The third-order valence-corrected chi connectivity index (χ3v) is 4.44. The zero-order valence-electron chi connectivity index (χ0n) is 15.8. The first kappa shape index (κ1) is 20.0. The second kappa shape index (κ2) is 10.6. The van der Waals surface area contributed by atoms with Crippen LogP contribution in [0.5, 0.6) is 5.75 Å². The number of ether oxygens (including phenoxy) is 2. The van der Waals surface area contributed by atoms with E-state index in [0.29, 0.717) is 26.0 Å². The fourth-order valence-electron chi connectivity index (χ4n) is 2.87. The maximum atomic E-state index is 11.3. The SMILES string of the molecule is CCc1cc(OCCCCN)ccc1-c1ccc(CCC(=O)OC)cc1. The summed E-state index contributed by atoms with van der Waals surface area (Å²) >= 11 is 0. The van der Waals surface area contributed by atoms with Crippen molar-refractivity contribution in [1.29, 1.82) is 0 Å². The van der Waals surface area contributed by atoms with E-state index in [-0.39, 0.29) is 5.97 Å². The number of esters is 1. The lowest BCUT2D eigenvalue weighted by Gasteiger charge is -2.12. The topological polar surface area (TPSA) is 61.5 Å². The van der Waals surface area contributed by atoms with E-state index in [2.05, 4.69) is 43.3 Å². The molecule has 0 atom stereocenters. The predicted molar refractivity (Wildman–Crippen MR) is 105 cm³/mol. The molecule has 0 saturated carbocycles. The number of carbonyl (C=O) groups excluding carboxylic acids is 1. The Morgan fingerprint density at radius 2 is 1.85 bits per heavy atom. The third-order valence-electron chi connectivity index (χ3n) is 4.44. The van der Waals surface area contributed by atoms with Crippen molar-refractivity contribution >= 4 is 5.97 Å². The molecule has 0 spiro atoms. The second-order valence-electron chi connectivity index (χ2n) is 6.29. The van der Waals surface area contributed by atoms with Crippen LogP contribution in [0.3, 0.4) is 0 Å². The summed E-state index contributed by atoms with van der Waals surface area (Å²) in [7, 11) is 1.42. The van der Waals surface area contributed by atoms with Crippen LogP contribution in [0.2, 0.25) is 0 Å². The molecule has 140 valence electrons. The number of carbonyl (C=O) groups is 1. The number of nitrogens with two attached hydrogens (primary N) is 1. The highest BCUT2D eigenvalue weighted by molar-refractivity contribution is 5.70. The molecule has 0 aromatic heterocycles. The summed E-state index contributed by atoms with van der Waals surface area (Å²) in [6.45, 7) is 3.56. The van der Waals surface area contributed by atoms with Gasteiger partial charge in [0.15, 0.2) is 0 Å². The molecule has 4 heteroatoms. The van der Waals surface area contributed by atoms with Gasteiger partial charge >= 0.3 is 5.97 Å². The normalized spacial score (nSPS) is 10.6. The van der Waals surface area contributed by atoms with Crippen LogP contribution in [-0.4, -0.2) is 26.2 Å². The molecule has 2 N–H and O–H groups in total. The van der Waals surface area contributed by atoms with E-state index in [0.717, 1.165) is 30.6 Å². The van der Waals surface area contributed by atoms with Crippen molar-refractivity contribution in [3.8, 4) is 16.9 Å². The highest BCUT2D eigenvalue weighted by atomic mass is 16.5. The third kappa shape index (κ3) is 5.88. The molecule has 0 fully saturated rings. The first-order valence-corrected chi connectivity index (χ1v) is 9.29. The van der Waals surface area contributed by atoms with Crippen molar-refractivity contribution in [1.82, 2.24) is 0 Å². The van der Waals surface area contributed by atoms with Gasteiger partial charge in [-0.3, -0.25) is 4.79 Å². The minimum atomic E-state index is -0.176. The lowest BCUT2D eigenvalue weighted by atomic mass is 9.96. The zero-order chi connectivity index (χ0) is 18.8. The molecule has 0 aliphatic heterocycles. The Kier molecular flexibility index (Phi) is 8.16. The van der Waals surface area contributed by atoms with Crippen LogP contribution in [0.1, 0.15) is 37.3 Å². The molecule has 0 unspecified atom stereocenters. The van der Waals surface area contributed by atoms with Gasteiger partial charge in [0, 0.05) is 6.42 Å². The summed E-state index contributed by atoms with van der Waals surface area (Å²) in [4.78, 5) is 11.3. The van der Waals surface area contributed by atoms with E-state index in [1.54, 1.807) is 0 Å². The van der Waals surface area contributed by atoms with Gasteiger partial charge in [-0.15, -0.1) is 0 Å². The number of benzene rings is 2. The summed E-state index contributed by atoms with van der Waals surface area (Å²) in [6, 6.07) is 14.7. The molecule has 0 radical (unpaired) electrons. The zero-order valence-corrected chi connectivity index (χ0v) is 15.8. The van der Waals surface area contributed by atoms with E-state index in [4.69, 9.17) is 15.2 Å². The van der Waals surface area contributed by atoms with Crippen molar-refractivity contribution in [2.75, 3.05) is 20.3 Å². The molecule has 0 aliphatic carbocycles. The molecule has 2 rings (SSSR count). The van der Waals surface area contributed by atoms with Crippen molar-refractivity contribution in [3.63, 3.8) is 0 Å². The van der Waals surface area contributed by atoms with Gasteiger partial charge in [0.25, 0.3) is 0 Å². The average molecular weight is 355 g/mol. The quantitative estimate of drug-likeness (QED) is 0.514. The maximum Gasteiger partial charge on any atom is 0.305 e. The molecular formula is C22H29NO3. The molecule has 0 amide bonds. The highest BCUT2D eigenvalue weighted by Crippen LogP contribution is 2.28. The van der Waals surface area contributed by atoms with Gasteiger partial charge in [0.05, 0.1) is 13.7 Å². The maximum absolute atomic E-state index is 11.3. The summed E-state index contributed by atoms with van der Waals surface area (Å²) in [5.74, 6) is 0.738. The molecule has 0 aliphatic rings. The molecule has 2 aromatic rings. The summed E-state index contributed by atoms with van der Waals surface area (Å²) in [5, 5.41) is 0. The number of unbranched alkanes of at least 4 members (excludes halogenated alkanes) is 1. The fourth-order valence-corrected chi connectivity index (χ4v) is 2.87. The summed E-state index contributed by atoms with van der Waals surface area (Å²) < 4.78 is 10.5. The Morgan fingerprint density at radius 3 is 2.50 bits per heavy atom. The van der Waals surface area contributed by atoms with E-state index >= 15 is 0 Å². The standard InChI is InChI=1S/C22H29NO3/c1-3-18-16-20(26-15-5-4-14-23)11-12-21(18)19-9-6-17(7-10-19)8-13-22(24)25-2/h6-7,9-12,16H,3-5,8,13-15,23H2,1-2H3. The number of aryl methyl sites for hydroxylation is 2. The Balaban J connectivity index is 2.06. The van der Waals surface area contributed by atoms with Gasteiger partial charge in [0.1, 0.15) is 5.75 Å². The number of hydrogen-bond acceptors (Lipinski definition) is 4. The molecule has 26 heavy (non-hydrogen) atoms. The molecule has 4 nitrogen and oxygen atoms in total. The smallest absolute Gasteiger partial charge is 0.305 e. The summed E-state index contributed by atoms with van der Waals surface area (Å²) in [6.07, 6.45) is 4.02. The van der Waals surface area contributed by atoms with E-state index in [9.17, 15) is 4.79 Å². The Labute approximate surface area is 156 Å². The van der Waals surface area contributed by atoms with Gasteiger partial charge in [-0.25, -0.2) is 0 Å².